The van der Waals surface area contributed by atoms with Gasteiger partial charge in [0.15, 0.2) is 0 Å². The van der Waals surface area contributed by atoms with Crippen molar-refractivity contribution in [1.29, 1.82) is 0 Å². The summed E-state index contributed by atoms with van der Waals surface area (Å²) in [4.78, 5) is 14.7. The third-order valence-corrected chi connectivity index (χ3v) is 4.24. The van der Waals surface area contributed by atoms with E-state index >= 15 is 0 Å². The SMILES string of the molecule is CCCc1cc(NCC)nc(C2CN3CCN2CC3)n1. The molecule has 3 aliphatic heterocycles. The van der Waals surface area contributed by atoms with Gasteiger partial charge in [-0.1, -0.05) is 13.3 Å². The van der Waals surface area contributed by atoms with Crippen LogP contribution in [0.15, 0.2) is 6.07 Å². The second-order valence-corrected chi connectivity index (χ2v) is 5.74. The first-order chi connectivity index (χ1) is 9.80. The van der Waals surface area contributed by atoms with Gasteiger partial charge in [-0.25, -0.2) is 9.97 Å². The molecule has 2 bridgehead atoms. The van der Waals surface area contributed by atoms with Crippen molar-refractivity contribution in [3.63, 3.8) is 0 Å². The number of hydrogen-bond donors (Lipinski definition) is 1. The second kappa shape index (κ2) is 6.06. The Morgan fingerprint density at radius 3 is 2.60 bits per heavy atom. The lowest BCUT2D eigenvalue weighted by Crippen LogP contribution is -2.57. The van der Waals surface area contributed by atoms with Crippen molar-refractivity contribution in [1.82, 2.24) is 19.8 Å². The van der Waals surface area contributed by atoms with E-state index in [0.717, 1.165) is 50.7 Å². The Labute approximate surface area is 121 Å². The quantitative estimate of drug-likeness (QED) is 0.883. The van der Waals surface area contributed by atoms with Crippen LogP contribution >= 0.6 is 0 Å². The molecule has 3 aliphatic rings. The van der Waals surface area contributed by atoms with Crippen LogP contribution in [0, 0.1) is 0 Å². The number of anilines is 1. The minimum Gasteiger partial charge on any atom is -0.370 e. The third kappa shape index (κ3) is 2.79. The van der Waals surface area contributed by atoms with E-state index < -0.39 is 0 Å². The van der Waals surface area contributed by atoms with Crippen molar-refractivity contribution < 1.29 is 0 Å². The molecular formula is C15H25N5. The van der Waals surface area contributed by atoms with Gasteiger partial charge in [-0.05, 0) is 13.3 Å². The molecule has 0 aliphatic carbocycles. The molecule has 1 aromatic heterocycles. The fourth-order valence-electron chi connectivity index (χ4n) is 3.19. The van der Waals surface area contributed by atoms with Crippen LogP contribution < -0.4 is 5.32 Å². The van der Waals surface area contributed by atoms with Crippen molar-refractivity contribution in [2.45, 2.75) is 32.7 Å². The largest absolute Gasteiger partial charge is 0.370 e. The summed E-state index contributed by atoms with van der Waals surface area (Å²) in [6, 6.07) is 2.49. The molecule has 0 radical (unpaired) electrons. The average molecular weight is 275 g/mol. The Morgan fingerprint density at radius 1 is 1.20 bits per heavy atom. The first-order valence-electron chi connectivity index (χ1n) is 7.88. The highest BCUT2D eigenvalue weighted by Crippen LogP contribution is 2.27. The van der Waals surface area contributed by atoms with E-state index in [1.165, 1.54) is 18.8 Å². The van der Waals surface area contributed by atoms with Gasteiger partial charge < -0.3 is 5.32 Å². The summed E-state index contributed by atoms with van der Waals surface area (Å²) >= 11 is 0. The molecule has 3 fully saturated rings. The Hall–Kier alpha value is -1.20. The van der Waals surface area contributed by atoms with Crippen molar-refractivity contribution in [2.75, 3.05) is 44.6 Å². The fourth-order valence-corrected chi connectivity index (χ4v) is 3.19. The Bertz CT molecular complexity index is 429. The van der Waals surface area contributed by atoms with Gasteiger partial charge in [0.1, 0.15) is 11.6 Å². The molecule has 1 atom stereocenters. The van der Waals surface area contributed by atoms with Crippen LogP contribution in [0.3, 0.4) is 0 Å². The van der Waals surface area contributed by atoms with Gasteiger partial charge in [0, 0.05) is 51.0 Å². The van der Waals surface area contributed by atoms with E-state index in [1.807, 2.05) is 0 Å². The molecule has 4 rings (SSSR count). The van der Waals surface area contributed by atoms with E-state index in [9.17, 15) is 0 Å². The van der Waals surface area contributed by atoms with Crippen molar-refractivity contribution in [3.8, 4) is 0 Å². The lowest BCUT2D eigenvalue weighted by atomic mass is 10.1. The Kier molecular flexibility index (Phi) is 4.17. The van der Waals surface area contributed by atoms with Crippen molar-refractivity contribution >= 4 is 5.82 Å². The molecule has 3 saturated heterocycles. The zero-order chi connectivity index (χ0) is 13.9. The van der Waals surface area contributed by atoms with Crippen LogP contribution in [-0.2, 0) is 6.42 Å². The zero-order valence-electron chi connectivity index (χ0n) is 12.6. The summed E-state index contributed by atoms with van der Waals surface area (Å²) in [6.45, 7) is 11.0. The molecule has 1 unspecified atom stereocenters. The number of fused-ring (bicyclic) bond motifs is 3. The molecule has 0 amide bonds. The molecule has 5 nitrogen and oxygen atoms in total. The molecule has 1 N–H and O–H groups in total. The first kappa shape index (κ1) is 13.8. The standard InChI is InChI=1S/C15H25N5/c1-3-5-12-10-14(16-4-2)18-15(17-12)13-11-19-6-8-20(13)9-7-19/h10,13H,3-9,11H2,1-2H3,(H,16,17,18). The van der Waals surface area contributed by atoms with Crippen LogP contribution in [0.2, 0.25) is 0 Å². The van der Waals surface area contributed by atoms with E-state index in [4.69, 9.17) is 9.97 Å². The molecule has 0 saturated carbocycles. The van der Waals surface area contributed by atoms with Gasteiger partial charge in [-0.15, -0.1) is 0 Å². The van der Waals surface area contributed by atoms with Gasteiger partial charge >= 0.3 is 0 Å². The molecule has 1 aromatic rings. The maximum absolute atomic E-state index is 4.83. The van der Waals surface area contributed by atoms with Crippen molar-refractivity contribution in [2.24, 2.45) is 0 Å². The second-order valence-electron chi connectivity index (χ2n) is 5.74. The van der Waals surface area contributed by atoms with E-state index in [2.05, 4.69) is 35.0 Å². The van der Waals surface area contributed by atoms with E-state index in [0.29, 0.717) is 6.04 Å². The fraction of sp³-hybridized carbons (Fsp3) is 0.733. The molecule has 4 heterocycles. The number of aryl methyl sites for hydroxylation is 1. The molecular weight excluding hydrogens is 250 g/mol. The molecule has 110 valence electrons. The van der Waals surface area contributed by atoms with Crippen LogP contribution in [0.25, 0.3) is 0 Å². The number of hydrogen-bond acceptors (Lipinski definition) is 5. The maximum atomic E-state index is 4.83. The zero-order valence-corrected chi connectivity index (χ0v) is 12.6. The molecule has 0 aromatic carbocycles. The summed E-state index contributed by atoms with van der Waals surface area (Å²) in [5.41, 5.74) is 1.17. The number of nitrogens with one attached hydrogen (secondary N) is 1. The summed E-state index contributed by atoms with van der Waals surface area (Å²) in [6.07, 6.45) is 2.16. The van der Waals surface area contributed by atoms with Gasteiger partial charge in [0.25, 0.3) is 0 Å². The van der Waals surface area contributed by atoms with Gasteiger partial charge in [-0.3, -0.25) is 9.80 Å². The number of rotatable bonds is 5. The summed E-state index contributed by atoms with van der Waals surface area (Å²) in [5, 5.41) is 3.35. The Morgan fingerprint density at radius 2 is 2.00 bits per heavy atom. The predicted octanol–water partition coefficient (Wildman–Crippen LogP) is 1.53. The number of nitrogens with zero attached hydrogens (tertiary/aromatic N) is 4. The highest BCUT2D eigenvalue weighted by Gasteiger charge is 2.34. The van der Waals surface area contributed by atoms with Crippen LogP contribution in [-0.4, -0.2) is 59.0 Å². The highest BCUT2D eigenvalue weighted by molar-refractivity contribution is 5.36. The third-order valence-electron chi connectivity index (χ3n) is 4.24. The normalized spacial score (nSPS) is 28.6. The smallest absolute Gasteiger partial charge is 0.149 e. The molecule has 20 heavy (non-hydrogen) atoms. The summed E-state index contributed by atoms with van der Waals surface area (Å²) in [5.74, 6) is 2.00. The lowest BCUT2D eigenvalue weighted by Gasteiger charge is -2.46. The minimum atomic E-state index is 0.381. The number of aromatic nitrogens is 2. The van der Waals surface area contributed by atoms with E-state index in [-0.39, 0.29) is 0 Å². The molecule has 0 spiro atoms. The van der Waals surface area contributed by atoms with Crippen molar-refractivity contribution in [3.05, 3.63) is 17.6 Å². The minimum absolute atomic E-state index is 0.381. The summed E-state index contributed by atoms with van der Waals surface area (Å²) < 4.78 is 0. The van der Waals surface area contributed by atoms with Crippen LogP contribution in [0.5, 0.6) is 0 Å². The van der Waals surface area contributed by atoms with Gasteiger partial charge in [0.2, 0.25) is 0 Å². The predicted molar refractivity (Wildman–Crippen MR) is 80.9 cm³/mol. The monoisotopic (exact) mass is 275 g/mol. The summed E-state index contributed by atoms with van der Waals surface area (Å²) in [7, 11) is 0. The van der Waals surface area contributed by atoms with E-state index in [1.54, 1.807) is 0 Å². The number of piperazine rings is 3. The average Bonchev–Trinajstić information content (AvgIpc) is 2.49. The lowest BCUT2D eigenvalue weighted by molar-refractivity contribution is 0.00862. The van der Waals surface area contributed by atoms with Gasteiger partial charge in [-0.2, -0.15) is 0 Å². The first-order valence-corrected chi connectivity index (χ1v) is 7.88. The maximum Gasteiger partial charge on any atom is 0.149 e. The molecule has 5 heteroatoms. The Balaban J connectivity index is 1.87. The van der Waals surface area contributed by atoms with Gasteiger partial charge in [0.05, 0.1) is 6.04 Å². The topological polar surface area (TPSA) is 44.3 Å². The van der Waals surface area contributed by atoms with Crippen LogP contribution in [0.4, 0.5) is 5.82 Å². The van der Waals surface area contributed by atoms with Crippen LogP contribution in [0.1, 0.15) is 37.8 Å². The highest BCUT2D eigenvalue weighted by atomic mass is 15.4.